The molecule has 0 saturated carbocycles. The van der Waals surface area contributed by atoms with E-state index in [-0.39, 0.29) is 11.2 Å². The van der Waals surface area contributed by atoms with Crippen LogP contribution in [0.15, 0.2) is 48.5 Å². The fraction of sp³-hybridized carbons (Fsp3) is 0.292. The Bertz CT molecular complexity index is 1210. The van der Waals surface area contributed by atoms with Crippen molar-refractivity contribution in [3.8, 4) is 0 Å². The Hall–Kier alpha value is -2.72. The molecule has 4 heteroatoms. The first kappa shape index (κ1) is 17.4. The topological polar surface area (TPSA) is 48.9 Å². The molecular formula is C24H23FN2O. The van der Waals surface area contributed by atoms with E-state index in [4.69, 9.17) is 4.98 Å². The van der Waals surface area contributed by atoms with E-state index < -0.39 is 6.10 Å². The molecule has 1 aliphatic rings. The molecule has 0 aliphatic heterocycles. The van der Waals surface area contributed by atoms with Gasteiger partial charge in [-0.15, -0.1) is 0 Å². The van der Waals surface area contributed by atoms with E-state index in [1.165, 1.54) is 6.07 Å². The van der Waals surface area contributed by atoms with Gasteiger partial charge in [-0.1, -0.05) is 44.2 Å². The van der Waals surface area contributed by atoms with Gasteiger partial charge in [0, 0.05) is 34.0 Å². The summed E-state index contributed by atoms with van der Waals surface area (Å²) in [5.74, 6) is -0.236. The first-order chi connectivity index (χ1) is 13.4. The number of aromatic amines is 1. The van der Waals surface area contributed by atoms with Gasteiger partial charge in [0.15, 0.2) is 0 Å². The van der Waals surface area contributed by atoms with Crippen LogP contribution in [0, 0.1) is 11.2 Å². The van der Waals surface area contributed by atoms with Crippen LogP contribution in [-0.4, -0.2) is 15.1 Å². The number of aliphatic hydroxyl groups is 1. The van der Waals surface area contributed by atoms with Crippen molar-refractivity contribution >= 4 is 21.8 Å². The van der Waals surface area contributed by atoms with Crippen molar-refractivity contribution in [1.82, 2.24) is 9.97 Å². The van der Waals surface area contributed by atoms with Gasteiger partial charge in [-0.2, -0.15) is 0 Å². The van der Waals surface area contributed by atoms with E-state index in [1.54, 1.807) is 12.1 Å². The normalized spacial score (nSPS) is 18.5. The van der Waals surface area contributed by atoms with Crippen LogP contribution in [0.3, 0.4) is 0 Å². The molecule has 3 nitrogen and oxygen atoms in total. The molecule has 0 bridgehead atoms. The first-order valence-corrected chi connectivity index (χ1v) is 9.76. The van der Waals surface area contributed by atoms with Crippen LogP contribution in [-0.2, 0) is 12.8 Å². The molecule has 2 aromatic carbocycles. The summed E-state index contributed by atoms with van der Waals surface area (Å²) in [6, 6.07) is 14.8. The number of para-hydroxylation sites is 1. The number of aromatic nitrogens is 2. The molecule has 0 spiro atoms. The SMILES string of the molecule is CC1(C)Cc2nc(Cc3cccc(F)c3)c3[nH]c4ccccc4c3c2[C@@H](O)C1. The summed E-state index contributed by atoms with van der Waals surface area (Å²) in [4.78, 5) is 8.50. The average molecular weight is 374 g/mol. The number of fused-ring (bicyclic) bond motifs is 5. The summed E-state index contributed by atoms with van der Waals surface area (Å²) >= 11 is 0. The summed E-state index contributed by atoms with van der Waals surface area (Å²) in [6.45, 7) is 4.35. The number of pyridine rings is 1. The summed E-state index contributed by atoms with van der Waals surface area (Å²) < 4.78 is 13.7. The number of halogens is 1. The van der Waals surface area contributed by atoms with Crippen molar-refractivity contribution in [2.75, 3.05) is 0 Å². The molecule has 1 aliphatic carbocycles. The molecule has 0 fully saturated rings. The van der Waals surface area contributed by atoms with Gasteiger partial charge in [-0.25, -0.2) is 4.39 Å². The molecule has 142 valence electrons. The van der Waals surface area contributed by atoms with Crippen molar-refractivity contribution < 1.29 is 9.50 Å². The molecule has 2 N–H and O–H groups in total. The lowest BCUT2D eigenvalue weighted by Crippen LogP contribution is -2.27. The predicted octanol–water partition coefficient (Wildman–Crippen LogP) is 5.45. The van der Waals surface area contributed by atoms with Crippen molar-refractivity contribution in [2.45, 2.75) is 39.2 Å². The maximum atomic E-state index is 13.7. The minimum absolute atomic E-state index is 0.00463. The number of aliphatic hydroxyl groups excluding tert-OH is 1. The number of hydrogen-bond donors (Lipinski definition) is 2. The standard InChI is InChI=1S/C24H23FN2O/c1-24(2)12-19-22(20(28)13-24)21-16-8-3-4-9-17(16)27-23(21)18(26-19)11-14-6-5-7-15(25)10-14/h3-10,20,27-28H,11-13H2,1-2H3/t20-/m0/s1. The maximum absolute atomic E-state index is 13.7. The molecule has 0 amide bonds. The maximum Gasteiger partial charge on any atom is 0.123 e. The Labute approximate surface area is 163 Å². The Morgan fingerprint density at radius 2 is 2.00 bits per heavy atom. The smallest absolute Gasteiger partial charge is 0.123 e. The van der Waals surface area contributed by atoms with Gasteiger partial charge >= 0.3 is 0 Å². The Morgan fingerprint density at radius 1 is 1.18 bits per heavy atom. The Balaban J connectivity index is 1.80. The van der Waals surface area contributed by atoms with Crippen LogP contribution in [0.2, 0.25) is 0 Å². The van der Waals surface area contributed by atoms with Gasteiger partial charge in [0.1, 0.15) is 5.82 Å². The van der Waals surface area contributed by atoms with Crippen LogP contribution in [0.1, 0.15) is 48.9 Å². The monoisotopic (exact) mass is 374 g/mol. The highest BCUT2D eigenvalue weighted by molar-refractivity contribution is 6.10. The van der Waals surface area contributed by atoms with Crippen molar-refractivity contribution in [2.24, 2.45) is 5.41 Å². The van der Waals surface area contributed by atoms with E-state index in [1.807, 2.05) is 24.3 Å². The molecule has 28 heavy (non-hydrogen) atoms. The van der Waals surface area contributed by atoms with E-state index in [0.29, 0.717) is 6.42 Å². The second-order valence-electron chi connectivity index (χ2n) is 8.71. The van der Waals surface area contributed by atoms with Gasteiger partial charge in [-0.05, 0) is 42.0 Å². The first-order valence-electron chi connectivity index (χ1n) is 9.76. The second kappa shape index (κ2) is 6.14. The van der Waals surface area contributed by atoms with Gasteiger partial charge in [-0.3, -0.25) is 4.98 Å². The van der Waals surface area contributed by atoms with Crippen LogP contribution in [0.4, 0.5) is 4.39 Å². The van der Waals surface area contributed by atoms with Crippen molar-refractivity contribution in [3.05, 3.63) is 76.9 Å². The highest BCUT2D eigenvalue weighted by Gasteiger charge is 2.35. The highest BCUT2D eigenvalue weighted by Crippen LogP contribution is 2.45. The number of nitrogens with zero attached hydrogens (tertiary/aromatic N) is 1. The summed E-state index contributed by atoms with van der Waals surface area (Å²) in [7, 11) is 0. The molecule has 0 radical (unpaired) electrons. The quantitative estimate of drug-likeness (QED) is 0.490. The number of nitrogens with one attached hydrogen (secondary N) is 1. The molecule has 2 heterocycles. The van der Waals surface area contributed by atoms with Crippen LogP contribution in [0.5, 0.6) is 0 Å². The average Bonchev–Trinajstić information content (AvgIpc) is 3.00. The zero-order valence-corrected chi connectivity index (χ0v) is 16.1. The third-order valence-electron chi connectivity index (χ3n) is 5.83. The van der Waals surface area contributed by atoms with Crippen LogP contribution < -0.4 is 0 Å². The lowest BCUT2D eigenvalue weighted by atomic mass is 9.74. The molecule has 4 aromatic rings. The number of rotatable bonds is 2. The lowest BCUT2D eigenvalue weighted by Gasteiger charge is -2.34. The minimum atomic E-state index is -0.531. The molecule has 2 aromatic heterocycles. The summed E-state index contributed by atoms with van der Waals surface area (Å²) in [5.41, 5.74) is 5.69. The van der Waals surface area contributed by atoms with E-state index in [9.17, 15) is 9.50 Å². The fourth-order valence-corrected chi connectivity index (χ4v) is 4.67. The van der Waals surface area contributed by atoms with Crippen molar-refractivity contribution in [3.63, 3.8) is 0 Å². The second-order valence-corrected chi connectivity index (χ2v) is 8.71. The van der Waals surface area contributed by atoms with Crippen LogP contribution >= 0.6 is 0 Å². The van der Waals surface area contributed by atoms with Crippen molar-refractivity contribution in [1.29, 1.82) is 0 Å². The third kappa shape index (κ3) is 2.80. The van der Waals surface area contributed by atoms with Gasteiger partial charge in [0.2, 0.25) is 0 Å². The molecule has 0 saturated heterocycles. The fourth-order valence-electron chi connectivity index (χ4n) is 4.67. The number of benzene rings is 2. The predicted molar refractivity (Wildman–Crippen MR) is 110 cm³/mol. The van der Waals surface area contributed by atoms with Gasteiger partial charge in [0.25, 0.3) is 0 Å². The number of hydrogen-bond acceptors (Lipinski definition) is 2. The van der Waals surface area contributed by atoms with E-state index >= 15 is 0 Å². The Kier molecular flexibility index (Phi) is 3.81. The minimum Gasteiger partial charge on any atom is -0.388 e. The Morgan fingerprint density at radius 3 is 2.82 bits per heavy atom. The zero-order valence-electron chi connectivity index (χ0n) is 16.1. The summed E-state index contributed by atoms with van der Waals surface area (Å²) in [6.07, 6.45) is 1.56. The molecule has 5 rings (SSSR count). The van der Waals surface area contributed by atoms with Gasteiger partial charge in [0.05, 0.1) is 17.3 Å². The largest absolute Gasteiger partial charge is 0.388 e. The summed E-state index contributed by atoms with van der Waals surface area (Å²) in [5, 5.41) is 13.2. The van der Waals surface area contributed by atoms with Crippen LogP contribution in [0.25, 0.3) is 21.8 Å². The third-order valence-corrected chi connectivity index (χ3v) is 5.83. The van der Waals surface area contributed by atoms with E-state index in [0.717, 1.165) is 57.2 Å². The van der Waals surface area contributed by atoms with E-state index in [2.05, 4.69) is 24.9 Å². The molecule has 1 atom stereocenters. The highest BCUT2D eigenvalue weighted by atomic mass is 19.1. The molecular weight excluding hydrogens is 351 g/mol. The number of H-pyrrole nitrogens is 1. The lowest BCUT2D eigenvalue weighted by molar-refractivity contribution is 0.0997. The molecule has 0 unspecified atom stereocenters. The van der Waals surface area contributed by atoms with Gasteiger partial charge < -0.3 is 10.1 Å². The zero-order chi connectivity index (χ0) is 19.5.